The van der Waals surface area contributed by atoms with Crippen LogP contribution in [0.1, 0.15) is 39.0 Å². The summed E-state index contributed by atoms with van der Waals surface area (Å²) in [6.07, 6.45) is 4.02. The zero-order valence-corrected chi connectivity index (χ0v) is 13.3. The standard InChI is InChI=1S/C11H18N4O4S2/c1-8(16)13-9-14-15-10(20-9)21(18,19)12-7-11(17)5-3-2-4-6-11/h12,17H,2-7H2,1H3,(H,13,14,16). The van der Waals surface area contributed by atoms with Crippen LogP contribution in [0.25, 0.3) is 0 Å². The monoisotopic (exact) mass is 334 g/mol. The third-order valence-electron chi connectivity index (χ3n) is 3.29. The van der Waals surface area contributed by atoms with Crippen LogP contribution in [0, 0.1) is 0 Å². The van der Waals surface area contributed by atoms with Crippen molar-refractivity contribution in [3.05, 3.63) is 0 Å². The van der Waals surface area contributed by atoms with Crippen LogP contribution < -0.4 is 10.0 Å². The van der Waals surface area contributed by atoms with Crippen LogP contribution in [0.15, 0.2) is 4.34 Å². The van der Waals surface area contributed by atoms with Gasteiger partial charge in [-0.2, -0.15) is 0 Å². The van der Waals surface area contributed by atoms with E-state index in [1.807, 2.05) is 0 Å². The van der Waals surface area contributed by atoms with E-state index in [9.17, 15) is 18.3 Å². The maximum absolute atomic E-state index is 12.1. The molecule has 1 aromatic rings. The summed E-state index contributed by atoms with van der Waals surface area (Å²) in [6, 6.07) is 0. The second kappa shape index (κ2) is 6.34. The molecule has 0 unspecified atom stereocenters. The number of hydrogen-bond donors (Lipinski definition) is 3. The molecule has 0 bridgehead atoms. The average Bonchev–Trinajstić information content (AvgIpc) is 2.86. The molecule has 1 fully saturated rings. The molecule has 1 amide bonds. The molecule has 0 aliphatic heterocycles. The average molecular weight is 334 g/mol. The van der Waals surface area contributed by atoms with Crippen molar-refractivity contribution in [3.8, 4) is 0 Å². The minimum absolute atomic E-state index is 0.0373. The summed E-state index contributed by atoms with van der Waals surface area (Å²) < 4.78 is 26.3. The molecule has 0 atom stereocenters. The predicted molar refractivity (Wildman–Crippen MR) is 77.4 cm³/mol. The van der Waals surface area contributed by atoms with Crippen molar-refractivity contribution in [1.82, 2.24) is 14.9 Å². The Bertz CT molecular complexity index is 607. The van der Waals surface area contributed by atoms with Gasteiger partial charge in [0.25, 0.3) is 10.0 Å². The smallest absolute Gasteiger partial charge is 0.269 e. The van der Waals surface area contributed by atoms with Crippen LogP contribution in [0.2, 0.25) is 0 Å². The van der Waals surface area contributed by atoms with Crippen molar-refractivity contribution in [2.45, 2.75) is 49.0 Å². The van der Waals surface area contributed by atoms with Gasteiger partial charge in [-0.3, -0.25) is 4.79 Å². The quantitative estimate of drug-likeness (QED) is 0.673. The number of rotatable bonds is 5. The first-order valence-corrected chi connectivity index (χ1v) is 8.94. The first-order valence-electron chi connectivity index (χ1n) is 6.64. The lowest BCUT2D eigenvalue weighted by atomic mass is 9.85. The molecule has 2 rings (SSSR count). The van der Waals surface area contributed by atoms with Crippen LogP contribution in [0.5, 0.6) is 0 Å². The number of aromatic nitrogens is 2. The second-order valence-corrected chi connectivity index (χ2v) is 8.08. The van der Waals surface area contributed by atoms with E-state index in [0.29, 0.717) is 12.8 Å². The van der Waals surface area contributed by atoms with E-state index in [4.69, 9.17) is 0 Å². The fraction of sp³-hybridized carbons (Fsp3) is 0.727. The van der Waals surface area contributed by atoms with Crippen molar-refractivity contribution in [2.75, 3.05) is 11.9 Å². The lowest BCUT2D eigenvalue weighted by Gasteiger charge is -2.31. The minimum Gasteiger partial charge on any atom is -0.389 e. The molecule has 21 heavy (non-hydrogen) atoms. The lowest BCUT2D eigenvalue weighted by molar-refractivity contribution is -0.114. The SMILES string of the molecule is CC(=O)Nc1nnc(S(=O)(=O)NCC2(O)CCCCC2)s1. The Morgan fingerprint density at radius 3 is 2.62 bits per heavy atom. The van der Waals surface area contributed by atoms with E-state index in [-0.39, 0.29) is 21.9 Å². The fourth-order valence-electron chi connectivity index (χ4n) is 2.20. The number of carbonyl (C=O) groups excluding carboxylic acids is 1. The Hall–Kier alpha value is -1.10. The Balaban J connectivity index is 2.01. The molecule has 118 valence electrons. The maximum atomic E-state index is 12.1. The summed E-state index contributed by atoms with van der Waals surface area (Å²) in [6.45, 7) is 1.26. The van der Waals surface area contributed by atoms with Crippen molar-refractivity contribution in [3.63, 3.8) is 0 Å². The molecule has 0 saturated heterocycles. The van der Waals surface area contributed by atoms with Crippen LogP contribution in [0.4, 0.5) is 5.13 Å². The molecule has 8 nitrogen and oxygen atoms in total. The number of carbonyl (C=O) groups is 1. The van der Waals surface area contributed by atoms with Crippen LogP contribution in [0.3, 0.4) is 0 Å². The van der Waals surface area contributed by atoms with Gasteiger partial charge in [-0.15, -0.1) is 10.2 Å². The summed E-state index contributed by atoms with van der Waals surface area (Å²) in [5.41, 5.74) is -0.990. The molecular formula is C11H18N4O4S2. The predicted octanol–water partition coefficient (Wildman–Crippen LogP) is 0.470. The minimum atomic E-state index is -3.83. The molecule has 0 spiro atoms. The van der Waals surface area contributed by atoms with Gasteiger partial charge in [0.15, 0.2) is 0 Å². The van der Waals surface area contributed by atoms with E-state index in [1.165, 1.54) is 6.92 Å². The molecule has 1 aliphatic carbocycles. The number of sulfonamides is 1. The highest BCUT2D eigenvalue weighted by Crippen LogP contribution is 2.28. The van der Waals surface area contributed by atoms with Gasteiger partial charge in [-0.1, -0.05) is 30.6 Å². The van der Waals surface area contributed by atoms with Crippen molar-refractivity contribution >= 4 is 32.4 Å². The second-order valence-electron chi connectivity index (χ2n) is 5.16. The molecule has 3 N–H and O–H groups in total. The third-order valence-corrected chi connectivity index (χ3v) is 5.90. The molecule has 1 aromatic heterocycles. The van der Waals surface area contributed by atoms with E-state index in [1.54, 1.807) is 0 Å². The first-order chi connectivity index (χ1) is 9.81. The highest BCUT2D eigenvalue weighted by atomic mass is 32.2. The topological polar surface area (TPSA) is 121 Å². The molecule has 1 saturated carbocycles. The van der Waals surface area contributed by atoms with Gasteiger partial charge in [-0.05, 0) is 12.8 Å². The summed E-state index contributed by atoms with van der Waals surface area (Å²) in [5, 5.41) is 19.9. The Kier molecular flexibility index (Phi) is 4.91. The van der Waals surface area contributed by atoms with E-state index >= 15 is 0 Å². The van der Waals surface area contributed by atoms with Crippen molar-refractivity contribution in [2.24, 2.45) is 0 Å². The van der Waals surface area contributed by atoms with Gasteiger partial charge in [-0.25, -0.2) is 13.1 Å². The lowest BCUT2D eigenvalue weighted by Crippen LogP contribution is -2.44. The van der Waals surface area contributed by atoms with Crippen LogP contribution in [-0.4, -0.2) is 41.8 Å². The number of nitrogens with zero attached hydrogens (tertiary/aromatic N) is 2. The zero-order valence-electron chi connectivity index (χ0n) is 11.6. The fourth-order valence-corrected chi connectivity index (χ4v) is 4.30. The normalized spacial score (nSPS) is 18.4. The molecule has 0 radical (unpaired) electrons. The molecular weight excluding hydrogens is 316 g/mol. The summed E-state index contributed by atoms with van der Waals surface area (Å²) in [7, 11) is -3.83. The number of amides is 1. The summed E-state index contributed by atoms with van der Waals surface area (Å²) in [5.74, 6) is -0.348. The van der Waals surface area contributed by atoms with Gasteiger partial charge >= 0.3 is 0 Å². The van der Waals surface area contributed by atoms with E-state index < -0.39 is 15.6 Å². The molecule has 1 heterocycles. The third kappa shape index (κ3) is 4.43. The number of nitrogens with one attached hydrogen (secondary N) is 2. The highest BCUT2D eigenvalue weighted by Gasteiger charge is 2.31. The number of aliphatic hydroxyl groups is 1. The zero-order chi connectivity index (χ0) is 15.5. The van der Waals surface area contributed by atoms with Crippen LogP contribution in [-0.2, 0) is 14.8 Å². The van der Waals surface area contributed by atoms with Gasteiger partial charge in [0, 0.05) is 13.5 Å². The summed E-state index contributed by atoms with van der Waals surface area (Å²) >= 11 is 0.767. The van der Waals surface area contributed by atoms with Gasteiger partial charge in [0.1, 0.15) is 0 Å². The van der Waals surface area contributed by atoms with Crippen molar-refractivity contribution < 1.29 is 18.3 Å². The van der Waals surface area contributed by atoms with E-state index in [2.05, 4.69) is 20.2 Å². The largest absolute Gasteiger partial charge is 0.389 e. The maximum Gasteiger partial charge on any atom is 0.269 e. The first kappa shape index (κ1) is 16.3. The number of hydrogen-bond acceptors (Lipinski definition) is 7. The molecule has 0 aromatic carbocycles. The van der Waals surface area contributed by atoms with Crippen LogP contribution >= 0.6 is 11.3 Å². The Morgan fingerprint density at radius 1 is 1.33 bits per heavy atom. The Morgan fingerprint density at radius 2 is 2.00 bits per heavy atom. The van der Waals surface area contributed by atoms with Crippen molar-refractivity contribution in [1.29, 1.82) is 0 Å². The van der Waals surface area contributed by atoms with Gasteiger partial charge in [0.05, 0.1) is 5.60 Å². The number of anilines is 1. The molecule has 10 heteroatoms. The van der Waals surface area contributed by atoms with Gasteiger partial charge < -0.3 is 10.4 Å². The summed E-state index contributed by atoms with van der Waals surface area (Å²) in [4.78, 5) is 10.9. The Labute approximate surface area is 127 Å². The van der Waals surface area contributed by atoms with Gasteiger partial charge in [0.2, 0.25) is 15.4 Å². The van der Waals surface area contributed by atoms with E-state index in [0.717, 1.165) is 30.6 Å². The molecule has 1 aliphatic rings. The highest BCUT2D eigenvalue weighted by molar-refractivity contribution is 7.91.